The highest BCUT2D eigenvalue weighted by molar-refractivity contribution is 9.10. The molecule has 0 aliphatic carbocycles. The fourth-order valence-electron chi connectivity index (χ4n) is 0.914. The molecule has 0 radical (unpaired) electrons. The molecule has 70 valence electrons. The summed E-state index contributed by atoms with van der Waals surface area (Å²) in [6, 6.07) is 3.01. The first kappa shape index (κ1) is 10.4. The van der Waals surface area contributed by atoms with Gasteiger partial charge in [0.2, 0.25) is 0 Å². The van der Waals surface area contributed by atoms with E-state index in [0.29, 0.717) is 10.2 Å². The van der Waals surface area contributed by atoms with Gasteiger partial charge in [0.15, 0.2) is 5.11 Å². The van der Waals surface area contributed by atoms with E-state index in [2.05, 4.69) is 33.5 Å². The highest BCUT2D eigenvalue weighted by Gasteiger charge is 2.04. The lowest BCUT2D eigenvalue weighted by atomic mass is 10.2. The molecule has 0 aromatic heterocycles. The van der Waals surface area contributed by atoms with Gasteiger partial charge in [-0.25, -0.2) is 4.39 Å². The minimum absolute atomic E-state index is 0.168. The predicted molar refractivity (Wildman–Crippen MR) is 59.2 cm³/mol. The zero-order chi connectivity index (χ0) is 10.0. The number of hydrogen-bond acceptors (Lipinski definition) is 1. The number of rotatable bonds is 1. The molecule has 0 saturated heterocycles. The normalized spacial score (nSPS) is 9.77. The second-order valence-corrected chi connectivity index (χ2v) is 3.86. The van der Waals surface area contributed by atoms with Gasteiger partial charge in [0.25, 0.3) is 0 Å². The minimum atomic E-state index is -0.300. The van der Waals surface area contributed by atoms with Crippen molar-refractivity contribution in [3.63, 3.8) is 0 Å². The third kappa shape index (κ3) is 2.63. The van der Waals surface area contributed by atoms with Crippen LogP contribution in [0.5, 0.6) is 0 Å². The second-order valence-electron chi connectivity index (χ2n) is 2.57. The van der Waals surface area contributed by atoms with Crippen LogP contribution in [0.25, 0.3) is 0 Å². The SMILES string of the molecule is Cc1cc(F)c(Br)cc1NC(N)=S. The van der Waals surface area contributed by atoms with E-state index in [1.807, 2.05) is 0 Å². The van der Waals surface area contributed by atoms with Gasteiger partial charge in [-0.2, -0.15) is 0 Å². The van der Waals surface area contributed by atoms with Crippen LogP contribution in [-0.2, 0) is 0 Å². The Bertz CT molecular complexity index is 354. The van der Waals surface area contributed by atoms with Crippen molar-refractivity contribution >= 4 is 38.9 Å². The van der Waals surface area contributed by atoms with Crippen LogP contribution in [0, 0.1) is 12.7 Å². The first-order valence-corrected chi connectivity index (χ1v) is 4.73. The fourth-order valence-corrected chi connectivity index (χ4v) is 1.37. The lowest BCUT2D eigenvalue weighted by molar-refractivity contribution is 0.620. The van der Waals surface area contributed by atoms with Crippen molar-refractivity contribution in [1.82, 2.24) is 0 Å². The van der Waals surface area contributed by atoms with Crippen molar-refractivity contribution in [3.05, 3.63) is 28.0 Å². The first-order chi connectivity index (χ1) is 6.00. The molecule has 0 saturated carbocycles. The number of anilines is 1. The monoisotopic (exact) mass is 262 g/mol. The Balaban J connectivity index is 3.08. The second kappa shape index (κ2) is 4.02. The molecular weight excluding hydrogens is 255 g/mol. The summed E-state index contributed by atoms with van der Waals surface area (Å²) in [5.41, 5.74) is 6.76. The van der Waals surface area contributed by atoms with Crippen LogP contribution >= 0.6 is 28.1 Å². The Morgan fingerprint density at radius 1 is 1.62 bits per heavy atom. The van der Waals surface area contributed by atoms with Crippen molar-refractivity contribution in [2.45, 2.75) is 6.92 Å². The van der Waals surface area contributed by atoms with E-state index in [-0.39, 0.29) is 10.9 Å². The zero-order valence-corrected chi connectivity index (χ0v) is 9.30. The quantitative estimate of drug-likeness (QED) is 0.765. The number of nitrogens with one attached hydrogen (secondary N) is 1. The zero-order valence-electron chi connectivity index (χ0n) is 6.90. The molecule has 0 amide bonds. The van der Waals surface area contributed by atoms with Crippen LogP contribution in [0.4, 0.5) is 10.1 Å². The van der Waals surface area contributed by atoms with Gasteiger partial charge < -0.3 is 11.1 Å². The van der Waals surface area contributed by atoms with E-state index >= 15 is 0 Å². The summed E-state index contributed by atoms with van der Waals surface area (Å²) in [5, 5.41) is 2.92. The van der Waals surface area contributed by atoms with Gasteiger partial charge in [0.1, 0.15) is 5.82 Å². The average molecular weight is 263 g/mol. The molecule has 0 aliphatic heterocycles. The highest BCUT2D eigenvalue weighted by Crippen LogP contribution is 2.23. The molecule has 2 nitrogen and oxygen atoms in total. The van der Waals surface area contributed by atoms with Crippen LogP contribution in [0.3, 0.4) is 0 Å². The molecule has 0 heterocycles. The third-order valence-corrected chi connectivity index (χ3v) is 2.23. The summed E-state index contributed by atoms with van der Waals surface area (Å²) >= 11 is 7.74. The van der Waals surface area contributed by atoms with Gasteiger partial charge in [-0.3, -0.25) is 0 Å². The van der Waals surface area contributed by atoms with Crippen LogP contribution < -0.4 is 11.1 Å². The van der Waals surface area contributed by atoms with Crippen molar-refractivity contribution in [3.8, 4) is 0 Å². The van der Waals surface area contributed by atoms with Gasteiger partial charge in [-0.15, -0.1) is 0 Å². The lowest BCUT2D eigenvalue weighted by Gasteiger charge is -2.08. The summed E-state index contributed by atoms with van der Waals surface area (Å²) in [5.74, 6) is -0.300. The Kier molecular flexibility index (Phi) is 3.22. The Morgan fingerprint density at radius 3 is 2.77 bits per heavy atom. The number of thiocarbonyl (C=S) groups is 1. The van der Waals surface area contributed by atoms with Crippen molar-refractivity contribution in [2.24, 2.45) is 5.73 Å². The predicted octanol–water partition coefficient (Wildman–Crippen LogP) is 2.55. The number of halogens is 2. The molecule has 1 aromatic rings. The Labute approximate surface area is 89.4 Å². The van der Waals surface area contributed by atoms with Crippen molar-refractivity contribution in [1.29, 1.82) is 0 Å². The van der Waals surface area contributed by atoms with E-state index in [1.165, 1.54) is 6.07 Å². The standard InChI is InChI=1S/C8H8BrFN2S/c1-4-2-6(10)5(9)3-7(4)12-8(11)13/h2-3H,1H3,(H3,11,12,13). The summed E-state index contributed by atoms with van der Waals surface area (Å²) in [6.07, 6.45) is 0. The highest BCUT2D eigenvalue weighted by atomic mass is 79.9. The molecule has 1 aromatic carbocycles. The maximum absolute atomic E-state index is 13.0. The van der Waals surface area contributed by atoms with E-state index in [0.717, 1.165) is 5.56 Å². The molecule has 3 N–H and O–H groups in total. The minimum Gasteiger partial charge on any atom is -0.376 e. The maximum atomic E-state index is 13.0. The van der Waals surface area contributed by atoms with Crippen LogP contribution in [0.15, 0.2) is 16.6 Å². The number of benzene rings is 1. The summed E-state index contributed by atoms with van der Waals surface area (Å²) in [6.45, 7) is 1.77. The number of nitrogens with two attached hydrogens (primary N) is 1. The summed E-state index contributed by atoms with van der Waals surface area (Å²) in [4.78, 5) is 0. The number of aryl methyl sites for hydroxylation is 1. The molecule has 13 heavy (non-hydrogen) atoms. The van der Waals surface area contributed by atoms with Crippen LogP contribution in [0.1, 0.15) is 5.56 Å². The van der Waals surface area contributed by atoms with E-state index in [9.17, 15) is 4.39 Å². The molecule has 0 unspecified atom stereocenters. The average Bonchev–Trinajstić information content (AvgIpc) is 1.99. The topological polar surface area (TPSA) is 38.0 Å². The molecule has 0 aliphatic rings. The molecule has 5 heteroatoms. The molecule has 0 fully saturated rings. The summed E-state index contributed by atoms with van der Waals surface area (Å²) in [7, 11) is 0. The fraction of sp³-hybridized carbons (Fsp3) is 0.125. The maximum Gasteiger partial charge on any atom is 0.168 e. The van der Waals surface area contributed by atoms with Gasteiger partial charge in [0, 0.05) is 5.69 Å². The van der Waals surface area contributed by atoms with E-state index < -0.39 is 0 Å². The summed E-state index contributed by atoms with van der Waals surface area (Å²) < 4.78 is 13.3. The van der Waals surface area contributed by atoms with Gasteiger partial charge in [0.05, 0.1) is 4.47 Å². The Morgan fingerprint density at radius 2 is 2.23 bits per heavy atom. The largest absolute Gasteiger partial charge is 0.376 e. The Hall–Kier alpha value is -0.680. The third-order valence-electron chi connectivity index (χ3n) is 1.53. The smallest absolute Gasteiger partial charge is 0.168 e. The van der Waals surface area contributed by atoms with Gasteiger partial charge in [-0.1, -0.05) is 0 Å². The lowest BCUT2D eigenvalue weighted by Crippen LogP contribution is -2.19. The first-order valence-electron chi connectivity index (χ1n) is 3.53. The molecule has 0 atom stereocenters. The molecule has 1 rings (SSSR count). The van der Waals surface area contributed by atoms with E-state index in [4.69, 9.17) is 5.73 Å². The molecule has 0 spiro atoms. The van der Waals surface area contributed by atoms with Crippen molar-refractivity contribution in [2.75, 3.05) is 5.32 Å². The van der Waals surface area contributed by atoms with Crippen LogP contribution in [-0.4, -0.2) is 5.11 Å². The van der Waals surface area contributed by atoms with Gasteiger partial charge >= 0.3 is 0 Å². The van der Waals surface area contributed by atoms with Crippen molar-refractivity contribution < 1.29 is 4.39 Å². The van der Waals surface area contributed by atoms with Gasteiger partial charge in [-0.05, 0) is 52.8 Å². The van der Waals surface area contributed by atoms with E-state index in [1.54, 1.807) is 13.0 Å². The molecule has 0 bridgehead atoms. The molecular formula is C8H8BrFN2S. The van der Waals surface area contributed by atoms with Crippen LogP contribution in [0.2, 0.25) is 0 Å². The number of hydrogen-bond donors (Lipinski definition) is 2.